The summed E-state index contributed by atoms with van der Waals surface area (Å²) in [7, 11) is 0. The Labute approximate surface area is 143 Å². The smallest absolute Gasteiger partial charge is 0.338 e. The fourth-order valence-corrected chi connectivity index (χ4v) is 3.36. The fraction of sp³-hybridized carbons (Fsp3) is 0.714. The van der Waals surface area contributed by atoms with Crippen LogP contribution in [0.25, 0.3) is 0 Å². The molecule has 0 saturated carbocycles. The molecule has 1 amide bonds. The van der Waals surface area contributed by atoms with Crippen molar-refractivity contribution < 1.29 is 24.5 Å². The van der Waals surface area contributed by atoms with Crippen LogP contribution in [-0.4, -0.2) is 50.7 Å². The normalized spacial score (nSPS) is 35.6. The van der Waals surface area contributed by atoms with Crippen molar-refractivity contribution in [2.24, 2.45) is 11.7 Å². The molecule has 1 unspecified atom stereocenters. The number of ether oxygens (including phenoxy) is 1. The van der Waals surface area contributed by atoms with Crippen molar-refractivity contribution in [1.82, 2.24) is 5.32 Å². The van der Waals surface area contributed by atoms with E-state index in [0.29, 0.717) is 0 Å². The standard InChI is InChI=1S/C14H20Cl2N2O5/c1-5(17)11(21)18-10-8-6(19)3-4-7(20)9(8)12(22)23-14(10,2)13(15)16/h5-6,8,10,13,19-20H,3-4,17H2,1-2H3,(H,18,21)/t5?,6-,8+,10+,14+/m1/s1. The van der Waals surface area contributed by atoms with Crippen LogP contribution in [0, 0.1) is 5.92 Å². The van der Waals surface area contributed by atoms with Crippen molar-refractivity contribution >= 4 is 35.1 Å². The van der Waals surface area contributed by atoms with Crippen molar-refractivity contribution in [1.29, 1.82) is 0 Å². The number of aliphatic hydroxyl groups is 2. The van der Waals surface area contributed by atoms with E-state index in [4.69, 9.17) is 33.7 Å². The van der Waals surface area contributed by atoms with Crippen LogP contribution in [0.4, 0.5) is 0 Å². The van der Waals surface area contributed by atoms with Crippen molar-refractivity contribution in [3.05, 3.63) is 11.3 Å². The van der Waals surface area contributed by atoms with Crippen LogP contribution in [0.15, 0.2) is 11.3 Å². The molecule has 0 spiro atoms. The molecule has 0 radical (unpaired) electrons. The number of cyclic esters (lactones) is 1. The van der Waals surface area contributed by atoms with Gasteiger partial charge in [0, 0.05) is 12.3 Å². The largest absolute Gasteiger partial charge is 0.512 e. The quantitative estimate of drug-likeness (QED) is 0.426. The Morgan fingerprint density at radius 3 is 2.65 bits per heavy atom. The predicted molar refractivity (Wildman–Crippen MR) is 84.0 cm³/mol. The Kier molecular flexibility index (Phi) is 5.15. The van der Waals surface area contributed by atoms with Crippen LogP contribution in [0.1, 0.15) is 26.7 Å². The van der Waals surface area contributed by atoms with E-state index in [1.807, 2.05) is 0 Å². The number of esters is 1. The minimum Gasteiger partial charge on any atom is -0.512 e. The van der Waals surface area contributed by atoms with Crippen molar-refractivity contribution in [2.45, 2.75) is 55.3 Å². The molecule has 0 aromatic heterocycles. The molecule has 1 fully saturated rings. The number of hydrogen-bond acceptors (Lipinski definition) is 6. The number of rotatable bonds is 3. The topological polar surface area (TPSA) is 122 Å². The van der Waals surface area contributed by atoms with Gasteiger partial charge in [0.1, 0.15) is 10.6 Å². The molecule has 5 N–H and O–H groups in total. The lowest BCUT2D eigenvalue weighted by Crippen LogP contribution is -2.67. The first-order valence-corrected chi connectivity index (χ1v) is 8.14. The zero-order chi connectivity index (χ0) is 17.5. The molecule has 1 aliphatic heterocycles. The summed E-state index contributed by atoms with van der Waals surface area (Å²) in [5.41, 5.74) is 4.04. The van der Waals surface area contributed by atoms with Crippen molar-refractivity contribution in [3.8, 4) is 0 Å². The summed E-state index contributed by atoms with van der Waals surface area (Å²) >= 11 is 12.0. The van der Waals surface area contributed by atoms with Gasteiger partial charge in [0.25, 0.3) is 0 Å². The first-order valence-electron chi connectivity index (χ1n) is 7.27. The molecule has 2 rings (SSSR count). The monoisotopic (exact) mass is 366 g/mol. The number of nitrogens with one attached hydrogen (secondary N) is 1. The zero-order valence-electron chi connectivity index (χ0n) is 12.8. The third-order valence-electron chi connectivity index (χ3n) is 4.39. The molecule has 23 heavy (non-hydrogen) atoms. The van der Waals surface area contributed by atoms with Gasteiger partial charge in [-0.25, -0.2) is 4.79 Å². The number of allylic oxidation sites excluding steroid dienone is 1. The maximum absolute atomic E-state index is 12.3. The van der Waals surface area contributed by atoms with E-state index in [2.05, 4.69) is 5.32 Å². The van der Waals surface area contributed by atoms with E-state index in [0.717, 1.165) is 0 Å². The summed E-state index contributed by atoms with van der Waals surface area (Å²) in [5, 5.41) is 23.0. The average Bonchev–Trinajstić information content (AvgIpc) is 2.45. The van der Waals surface area contributed by atoms with Gasteiger partial charge in [-0.05, 0) is 20.3 Å². The van der Waals surface area contributed by atoms with Gasteiger partial charge in [0.15, 0.2) is 5.60 Å². The van der Waals surface area contributed by atoms with Crippen molar-refractivity contribution in [3.63, 3.8) is 0 Å². The van der Waals surface area contributed by atoms with Crippen LogP contribution in [-0.2, 0) is 14.3 Å². The molecular formula is C14H20Cl2N2O5. The van der Waals surface area contributed by atoms with E-state index in [1.54, 1.807) is 0 Å². The van der Waals surface area contributed by atoms with Gasteiger partial charge in [-0.3, -0.25) is 4.79 Å². The molecular weight excluding hydrogens is 347 g/mol. The number of carbonyl (C=O) groups excluding carboxylic acids is 2. The molecule has 1 aliphatic carbocycles. The summed E-state index contributed by atoms with van der Waals surface area (Å²) in [6.07, 6.45) is -0.570. The number of amides is 1. The number of hydrogen-bond donors (Lipinski definition) is 4. The van der Waals surface area contributed by atoms with Crippen molar-refractivity contribution in [2.75, 3.05) is 0 Å². The summed E-state index contributed by atoms with van der Waals surface area (Å²) in [5.74, 6) is -2.35. The Hall–Kier alpha value is -1.02. The lowest BCUT2D eigenvalue weighted by molar-refractivity contribution is -0.170. The van der Waals surface area contributed by atoms with Gasteiger partial charge < -0.3 is 26.0 Å². The molecule has 2 aliphatic rings. The Morgan fingerprint density at radius 1 is 1.52 bits per heavy atom. The number of aliphatic hydroxyl groups excluding tert-OH is 2. The zero-order valence-corrected chi connectivity index (χ0v) is 14.3. The highest BCUT2D eigenvalue weighted by molar-refractivity contribution is 6.45. The number of carbonyl (C=O) groups is 2. The van der Waals surface area contributed by atoms with Gasteiger partial charge in [-0.15, -0.1) is 23.2 Å². The van der Waals surface area contributed by atoms with Crippen LogP contribution in [0.5, 0.6) is 0 Å². The van der Waals surface area contributed by atoms with Gasteiger partial charge in [0.05, 0.1) is 23.8 Å². The molecule has 7 nitrogen and oxygen atoms in total. The maximum atomic E-state index is 12.3. The summed E-state index contributed by atoms with van der Waals surface area (Å²) in [6.45, 7) is 2.96. The highest BCUT2D eigenvalue weighted by atomic mass is 35.5. The summed E-state index contributed by atoms with van der Waals surface area (Å²) in [4.78, 5) is 23.1. The lowest BCUT2D eigenvalue weighted by Gasteiger charge is -2.49. The van der Waals surface area contributed by atoms with Crippen LogP contribution in [0.2, 0.25) is 0 Å². The predicted octanol–water partition coefficient (Wildman–Crippen LogP) is 0.521. The minimum absolute atomic E-state index is 0.0508. The number of fused-ring (bicyclic) bond motifs is 1. The Bertz CT molecular complexity index is 551. The second-order valence-electron chi connectivity index (χ2n) is 6.14. The summed E-state index contributed by atoms with van der Waals surface area (Å²) < 4.78 is 5.33. The first-order chi connectivity index (χ1) is 10.6. The Morgan fingerprint density at radius 2 is 2.13 bits per heavy atom. The SMILES string of the molecule is CC(N)C(=O)N[C@H]1[C@@H]2C(=C(O)CC[C@H]2O)C(=O)O[C@]1(C)C(Cl)Cl. The van der Waals surface area contributed by atoms with E-state index in [9.17, 15) is 19.8 Å². The molecule has 0 bridgehead atoms. The second kappa shape index (κ2) is 6.47. The molecule has 1 saturated heterocycles. The van der Waals surface area contributed by atoms with E-state index in [-0.39, 0.29) is 24.2 Å². The lowest BCUT2D eigenvalue weighted by atomic mass is 9.71. The van der Waals surface area contributed by atoms with Crippen LogP contribution >= 0.6 is 23.2 Å². The molecule has 9 heteroatoms. The molecule has 130 valence electrons. The maximum Gasteiger partial charge on any atom is 0.338 e. The number of alkyl halides is 2. The molecule has 5 atom stereocenters. The van der Waals surface area contributed by atoms with Crippen LogP contribution in [0.3, 0.4) is 0 Å². The highest BCUT2D eigenvalue weighted by Crippen LogP contribution is 2.44. The van der Waals surface area contributed by atoms with Gasteiger partial charge in [-0.2, -0.15) is 0 Å². The van der Waals surface area contributed by atoms with Gasteiger partial charge in [0.2, 0.25) is 5.91 Å². The Balaban J connectivity index is 2.51. The third kappa shape index (κ3) is 3.15. The number of nitrogens with two attached hydrogens (primary N) is 1. The van der Waals surface area contributed by atoms with Gasteiger partial charge in [-0.1, -0.05) is 0 Å². The summed E-state index contributed by atoms with van der Waals surface area (Å²) in [6, 6.07) is -1.74. The average molecular weight is 367 g/mol. The number of halogens is 2. The van der Waals surface area contributed by atoms with E-state index in [1.165, 1.54) is 13.8 Å². The highest BCUT2D eigenvalue weighted by Gasteiger charge is 2.57. The third-order valence-corrected chi connectivity index (χ3v) is 5.26. The first kappa shape index (κ1) is 18.3. The molecule has 1 heterocycles. The van der Waals surface area contributed by atoms with E-state index >= 15 is 0 Å². The minimum atomic E-state index is -1.47. The second-order valence-corrected chi connectivity index (χ2v) is 7.24. The van der Waals surface area contributed by atoms with Crippen LogP contribution < -0.4 is 11.1 Å². The molecule has 0 aromatic rings. The van der Waals surface area contributed by atoms with Gasteiger partial charge >= 0.3 is 5.97 Å². The van der Waals surface area contributed by atoms with E-state index < -0.39 is 46.4 Å². The molecule has 0 aromatic carbocycles. The fourth-order valence-electron chi connectivity index (χ4n) is 3.00.